The second-order valence-electron chi connectivity index (χ2n) is 2.75. The summed E-state index contributed by atoms with van der Waals surface area (Å²) in [7, 11) is -10.6. The Morgan fingerprint density at radius 1 is 1.07 bits per heavy atom. The maximum Gasteiger partial charge on any atom is 0.369 e. The minimum Gasteiger partial charge on any atom is -0.368 e. The van der Waals surface area contributed by atoms with E-state index in [2.05, 4.69) is 0 Å². The molecule has 7 N–H and O–H groups in total. The Balaban J connectivity index is 0. The first-order chi connectivity index (χ1) is 6.06. The molecule has 15 heavy (non-hydrogen) atoms. The molecule has 88 valence electrons. The van der Waals surface area contributed by atoms with Gasteiger partial charge in [0, 0.05) is 25.9 Å². The standard InChI is InChI=1S/C4H13NO7P2.Zn/c5-3-1-2-4(6,13(7,8)9)14(10,11)12;/h6H,1-3,5H2,(H2,7,8,9)(H2,10,11,12);. The van der Waals surface area contributed by atoms with Gasteiger partial charge in [0.2, 0.25) is 0 Å². The van der Waals surface area contributed by atoms with Gasteiger partial charge in [0.25, 0.3) is 5.08 Å². The number of rotatable bonds is 5. The SMILES string of the molecule is NCCCC(O)(P(=O)(O)O)P(=O)(O)O.[Zn]. The van der Waals surface area contributed by atoms with E-state index in [1.54, 1.807) is 0 Å². The van der Waals surface area contributed by atoms with Gasteiger partial charge in [0.15, 0.2) is 0 Å². The van der Waals surface area contributed by atoms with Crippen LogP contribution in [0.3, 0.4) is 0 Å². The van der Waals surface area contributed by atoms with Gasteiger partial charge >= 0.3 is 15.2 Å². The number of aliphatic hydroxyl groups is 1. The zero-order valence-corrected chi connectivity index (χ0v) is 12.6. The molecule has 0 radical (unpaired) electrons. The summed E-state index contributed by atoms with van der Waals surface area (Å²) >= 11 is 0. The molecule has 11 heteroatoms. The Morgan fingerprint density at radius 2 is 1.40 bits per heavy atom. The zero-order chi connectivity index (χ0) is 11.6. The van der Waals surface area contributed by atoms with Crippen molar-refractivity contribution in [2.24, 2.45) is 5.73 Å². The van der Waals surface area contributed by atoms with E-state index in [-0.39, 0.29) is 32.4 Å². The molecule has 0 aliphatic heterocycles. The fraction of sp³-hybridized carbons (Fsp3) is 1.00. The Labute approximate surface area is 99.0 Å². The first-order valence-corrected chi connectivity index (χ1v) is 6.82. The van der Waals surface area contributed by atoms with Crippen LogP contribution in [-0.2, 0) is 28.6 Å². The fourth-order valence-electron chi connectivity index (χ4n) is 0.800. The first-order valence-electron chi connectivity index (χ1n) is 3.60. The van der Waals surface area contributed by atoms with Gasteiger partial charge in [-0.1, -0.05) is 0 Å². The Morgan fingerprint density at radius 3 is 1.60 bits per heavy atom. The Kier molecular flexibility index (Phi) is 7.24. The van der Waals surface area contributed by atoms with Gasteiger partial charge in [-0.25, -0.2) is 0 Å². The van der Waals surface area contributed by atoms with Crippen LogP contribution >= 0.6 is 15.2 Å². The molecule has 0 aliphatic rings. The van der Waals surface area contributed by atoms with Gasteiger partial charge in [-0.15, -0.1) is 0 Å². The van der Waals surface area contributed by atoms with Crippen molar-refractivity contribution in [2.75, 3.05) is 6.54 Å². The Hall–Kier alpha value is 0.843. The van der Waals surface area contributed by atoms with Gasteiger partial charge < -0.3 is 30.4 Å². The van der Waals surface area contributed by atoms with E-state index in [0.29, 0.717) is 0 Å². The summed E-state index contributed by atoms with van der Waals surface area (Å²) in [5.41, 5.74) is 5.01. The number of hydrogen-bond acceptors (Lipinski definition) is 4. The van der Waals surface area contributed by atoms with E-state index in [1.165, 1.54) is 0 Å². The van der Waals surface area contributed by atoms with E-state index in [0.717, 1.165) is 0 Å². The van der Waals surface area contributed by atoms with E-state index in [9.17, 15) is 14.2 Å². The van der Waals surface area contributed by atoms with Gasteiger partial charge in [0.05, 0.1) is 0 Å². The smallest absolute Gasteiger partial charge is 0.368 e. The summed E-state index contributed by atoms with van der Waals surface area (Å²) in [6.45, 7) is -0.0394. The maximum absolute atomic E-state index is 10.7. The van der Waals surface area contributed by atoms with Crippen molar-refractivity contribution < 1.29 is 53.3 Å². The summed E-state index contributed by atoms with van der Waals surface area (Å²) in [5.74, 6) is 0. The molecule has 8 nitrogen and oxygen atoms in total. The quantitative estimate of drug-likeness (QED) is 0.270. The third-order valence-electron chi connectivity index (χ3n) is 1.65. The van der Waals surface area contributed by atoms with Gasteiger partial charge in [0.1, 0.15) is 0 Å². The third-order valence-corrected chi connectivity index (χ3v) is 5.53. The zero-order valence-electron chi connectivity index (χ0n) is 7.85. The minimum atomic E-state index is -5.30. The number of hydrogen-bond donors (Lipinski definition) is 6. The van der Waals surface area contributed by atoms with E-state index in [1.807, 2.05) is 0 Å². The molecule has 0 fully saturated rings. The van der Waals surface area contributed by atoms with Crippen molar-refractivity contribution in [1.82, 2.24) is 0 Å². The topological polar surface area (TPSA) is 161 Å². The summed E-state index contributed by atoms with van der Waals surface area (Å²) in [5, 5.41) is 5.91. The molecular weight excluding hydrogens is 301 g/mol. The second-order valence-corrected chi connectivity index (χ2v) is 6.76. The predicted molar refractivity (Wildman–Crippen MR) is 47.3 cm³/mol. The van der Waals surface area contributed by atoms with Crippen molar-refractivity contribution in [1.29, 1.82) is 0 Å². The average molecular weight is 314 g/mol. The van der Waals surface area contributed by atoms with Crippen molar-refractivity contribution >= 4 is 15.2 Å². The van der Waals surface area contributed by atoms with Crippen LogP contribution in [0.15, 0.2) is 0 Å². The number of nitrogens with two attached hydrogens (primary N) is 1. The van der Waals surface area contributed by atoms with Crippen LogP contribution < -0.4 is 5.73 Å². The summed E-state index contributed by atoms with van der Waals surface area (Å²) in [6.07, 6.45) is -0.856. The minimum absolute atomic E-state index is 0. The molecule has 0 spiro atoms. The van der Waals surface area contributed by atoms with Gasteiger partial charge in [-0.05, 0) is 13.0 Å². The summed E-state index contributed by atoms with van der Waals surface area (Å²) in [6, 6.07) is 0. The monoisotopic (exact) mass is 313 g/mol. The van der Waals surface area contributed by atoms with E-state index in [4.69, 9.17) is 25.3 Å². The molecular formula is C4H13NO7P2Zn. The molecule has 0 aliphatic carbocycles. The maximum atomic E-state index is 10.7. The van der Waals surface area contributed by atoms with Crippen LogP contribution in [0.2, 0.25) is 0 Å². The van der Waals surface area contributed by atoms with Crippen LogP contribution in [-0.4, -0.2) is 36.3 Å². The first kappa shape index (κ1) is 18.2. The molecule has 0 bridgehead atoms. The second kappa shape index (κ2) is 5.96. The summed E-state index contributed by atoms with van der Waals surface area (Å²) in [4.78, 5) is 34.5. The largest absolute Gasteiger partial charge is 0.369 e. The normalized spacial score (nSPS) is 13.5. The van der Waals surface area contributed by atoms with Crippen LogP contribution in [0.1, 0.15) is 12.8 Å². The van der Waals surface area contributed by atoms with Crippen LogP contribution in [0.5, 0.6) is 0 Å². The van der Waals surface area contributed by atoms with Crippen molar-refractivity contribution in [3.05, 3.63) is 0 Å². The molecule has 0 atom stereocenters. The van der Waals surface area contributed by atoms with Crippen LogP contribution in [0.4, 0.5) is 0 Å². The molecule has 0 aromatic heterocycles. The van der Waals surface area contributed by atoms with E-state index < -0.39 is 26.7 Å². The molecule has 0 amide bonds. The van der Waals surface area contributed by atoms with Crippen molar-refractivity contribution in [2.45, 2.75) is 17.9 Å². The molecule has 0 aromatic rings. The average Bonchev–Trinajstić information content (AvgIpc) is 1.95. The Bertz CT molecular complexity index is 263. The fourth-order valence-corrected chi connectivity index (χ4v) is 3.06. The predicted octanol–water partition coefficient (Wildman–Crippen LogP) is -1.28. The molecule has 0 heterocycles. The van der Waals surface area contributed by atoms with Gasteiger partial charge in [-0.3, -0.25) is 9.13 Å². The van der Waals surface area contributed by atoms with Crippen molar-refractivity contribution in [3.8, 4) is 0 Å². The van der Waals surface area contributed by atoms with Crippen LogP contribution in [0.25, 0.3) is 0 Å². The van der Waals surface area contributed by atoms with Crippen LogP contribution in [0, 0.1) is 0 Å². The third kappa shape index (κ3) is 4.31. The summed E-state index contributed by atoms with van der Waals surface area (Å²) < 4.78 is 21.4. The molecule has 0 rings (SSSR count). The van der Waals surface area contributed by atoms with Crippen molar-refractivity contribution in [3.63, 3.8) is 0 Å². The molecule has 0 aromatic carbocycles. The van der Waals surface area contributed by atoms with Gasteiger partial charge in [-0.2, -0.15) is 0 Å². The molecule has 0 saturated carbocycles. The van der Waals surface area contributed by atoms with E-state index >= 15 is 0 Å². The molecule has 0 saturated heterocycles. The molecule has 0 unspecified atom stereocenters.